The summed E-state index contributed by atoms with van der Waals surface area (Å²) in [7, 11) is 0. The summed E-state index contributed by atoms with van der Waals surface area (Å²) in [5, 5.41) is 19.3. The van der Waals surface area contributed by atoms with E-state index in [1.165, 1.54) is 12.1 Å². The van der Waals surface area contributed by atoms with Crippen molar-refractivity contribution in [3.05, 3.63) is 39.9 Å². The summed E-state index contributed by atoms with van der Waals surface area (Å²) in [4.78, 5) is 9.90. The number of aliphatic hydroxyl groups excluding tert-OH is 1. The van der Waals surface area contributed by atoms with Gasteiger partial charge in [-0.25, -0.2) is 0 Å². The molecule has 0 radical (unpaired) electrons. The van der Waals surface area contributed by atoms with Gasteiger partial charge in [-0.2, -0.15) is 0 Å². The average Bonchev–Trinajstić information content (AvgIpc) is 2.18. The first-order valence-electron chi connectivity index (χ1n) is 4.51. The second-order valence-corrected chi connectivity index (χ2v) is 3.16. The van der Waals surface area contributed by atoms with Crippen molar-refractivity contribution in [2.45, 2.75) is 19.4 Å². The Hall–Kier alpha value is -1.86. The third-order valence-electron chi connectivity index (χ3n) is 1.71. The molecule has 0 saturated carbocycles. The molecule has 1 atom stereocenters. The molecule has 0 bridgehead atoms. The smallest absolute Gasteiger partial charge is 0.269 e. The summed E-state index contributed by atoms with van der Waals surface area (Å²) >= 11 is 0. The first-order chi connectivity index (χ1) is 7.09. The summed E-state index contributed by atoms with van der Waals surface area (Å²) in [6.45, 7) is 1.66. The van der Waals surface area contributed by atoms with Crippen LogP contribution in [-0.4, -0.2) is 16.1 Å². The second-order valence-electron chi connectivity index (χ2n) is 3.16. The molecular weight excluding hydrogens is 194 g/mol. The van der Waals surface area contributed by atoms with Crippen LogP contribution in [0.25, 0.3) is 0 Å². The molecule has 78 valence electrons. The lowest BCUT2D eigenvalue weighted by molar-refractivity contribution is -0.384. The van der Waals surface area contributed by atoms with Crippen molar-refractivity contribution < 1.29 is 10.0 Å². The van der Waals surface area contributed by atoms with Gasteiger partial charge in [-0.1, -0.05) is 11.8 Å². The number of hydrogen-bond acceptors (Lipinski definition) is 3. The van der Waals surface area contributed by atoms with Crippen molar-refractivity contribution >= 4 is 5.69 Å². The van der Waals surface area contributed by atoms with E-state index >= 15 is 0 Å². The maximum atomic E-state index is 10.4. The molecule has 1 unspecified atom stereocenters. The van der Waals surface area contributed by atoms with Gasteiger partial charge < -0.3 is 5.11 Å². The summed E-state index contributed by atoms with van der Waals surface area (Å²) < 4.78 is 0. The van der Waals surface area contributed by atoms with E-state index in [4.69, 9.17) is 5.11 Å². The fourth-order valence-corrected chi connectivity index (χ4v) is 0.967. The molecule has 4 nitrogen and oxygen atoms in total. The summed E-state index contributed by atoms with van der Waals surface area (Å²) in [5.74, 6) is 5.59. The first kappa shape index (κ1) is 11.2. The fraction of sp³-hybridized carbons (Fsp3) is 0.273. The van der Waals surface area contributed by atoms with Crippen LogP contribution in [0.5, 0.6) is 0 Å². The van der Waals surface area contributed by atoms with Gasteiger partial charge in [-0.3, -0.25) is 10.1 Å². The zero-order valence-corrected chi connectivity index (χ0v) is 8.30. The molecule has 1 aromatic carbocycles. The van der Waals surface area contributed by atoms with Crippen LogP contribution in [0, 0.1) is 22.0 Å². The minimum absolute atomic E-state index is 0.0519. The van der Waals surface area contributed by atoms with Crippen LogP contribution in [0.4, 0.5) is 5.69 Å². The van der Waals surface area contributed by atoms with Gasteiger partial charge in [0.15, 0.2) is 0 Å². The lowest BCUT2D eigenvalue weighted by atomic mass is 10.2. The number of nitro groups is 1. The van der Waals surface area contributed by atoms with E-state index in [2.05, 4.69) is 11.8 Å². The summed E-state index contributed by atoms with van der Waals surface area (Å²) in [6.07, 6.45) is -0.0488. The van der Waals surface area contributed by atoms with Crippen molar-refractivity contribution in [1.29, 1.82) is 0 Å². The van der Waals surface area contributed by atoms with Crippen molar-refractivity contribution in [1.82, 2.24) is 0 Å². The Labute approximate surface area is 87.7 Å². The van der Waals surface area contributed by atoms with Gasteiger partial charge in [0.2, 0.25) is 0 Å². The van der Waals surface area contributed by atoms with E-state index in [1.54, 1.807) is 19.1 Å². The van der Waals surface area contributed by atoms with Crippen LogP contribution in [0.3, 0.4) is 0 Å². The van der Waals surface area contributed by atoms with Crippen LogP contribution in [0.15, 0.2) is 24.3 Å². The molecule has 0 amide bonds. The lowest BCUT2D eigenvalue weighted by Crippen LogP contribution is -1.95. The van der Waals surface area contributed by atoms with E-state index in [-0.39, 0.29) is 5.69 Å². The number of nitro benzene ring substituents is 1. The molecule has 1 N–H and O–H groups in total. The molecule has 4 heteroatoms. The highest BCUT2D eigenvalue weighted by atomic mass is 16.6. The highest BCUT2D eigenvalue weighted by Crippen LogP contribution is 2.10. The average molecular weight is 205 g/mol. The van der Waals surface area contributed by atoms with Gasteiger partial charge in [0.25, 0.3) is 5.69 Å². The van der Waals surface area contributed by atoms with E-state index in [0.717, 1.165) is 0 Å². The molecular formula is C11H11NO3. The largest absolute Gasteiger partial charge is 0.392 e. The second kappa shape index (κ2) is 5.13. The zero-order chi connectivity index (χ0) is 11.3. The van der Waals surface area contributed by atoms with Crippen molar-refractivity contribution in [3.63, 3.8) is 0 Å². The van der Waals surface area contributed by atoms with Crippen LogP contribution in [0.2, 0.25) is 0 Å². The molecule has 0 aromatic heterocycles. The topological polar surface area (TPSA) is 63.4 Å². The number of nitrogens with zero attached hydrogens (tertiary/aromatic N) is 1. The summed E-state index contributed by atoms with van der Waals surface area (Å²) in [6, 6.07) is 6.00. The third kappa shape index (κ3) is 3.79. The normalized spacial score (nSPS) is 11.3. The molecule has 0 aliphatic carbocycles. The molecule has 0 spiro atoms. The van der Waals surface area contributed by atoms with E-state index in [0.29, 0.717) is 12.0 Å². The van der Waals surface area contributed by atoms with Crippen LogP contribution in [0.1, 0.15) is 18.9 Å². The third-order valence-corrected chi connectivity index (χ3v) is 1.71. The van der Waals surface area contributed by atoms with Crippen molar-refractivity contribution in [2.75, 3.05) is 0 Å². The number of rotatable bonds is 2. The highest BCUT2D eigenvalue weighted by Gasteiger charge is 2.01. The quantitative estimate of drug-likeness (QED) is 0.454. The standard InChI is InChI=1S/C11H11NO3/c1-9(13)3-2-4-10-5-7-11(8-6-10)12(14)15/h5-9,13H,3H2,1H3. The molecule has 1 aromatic rings. The summed E-state index contributed by atoms with van der Waals surface area (Å²) in [5.41, 5.74) is 0.761. The van der Waals surface area contributed by atoms with Crippen molar-refractivity contribution in [3.8, 4) is 11.8 Å². The van der Waals surface area contributed by atoms with Crippen LogP contribution >= 0.6 is 0 Å². The maximum Gasteiger partial charge on any atom is 0.269 e. The van der Waals surface area contributed by atoms with Gasteiger partial charge >= 0.3 is 0 Å². The van der Waals surface area contributed by atoms with Gasteiger partial charge in [0, 0.05) is 24.1 Å². The Kier molecular flexibility index (Phi) is 3.83. The van der Waals surface area contributed by atoms with E-state index in [9.17, 15) is 10.1 Å². The van der Waals surface area contributed by atoms with Gasteiger partial charge in [-0.15, -0.1) is 0 Å². The molecule has 0 aliphatic rings. The molecule has 0 fully saturated rings. The zero-order valence-electron chi connectivity index (χ0n) is 8.30. The molecule has 0 saturated heterocycles. The Bertz CT molecular complexity index is 398. The fourth-order valence-electron chi connectivity index (χ4n) is 0.967. The van der Waals surface area contributed by atoms with Gasteiger partial charge in [-0.05, 0) is 19.1 Å². The number of non-ortho nitro benzene ring substituents is 1. The maximum absolute atomic E-state index is 10.4. The number of benzene rings is 1. The van der Waals surface area contributed by atoms with E-state index in [1.807, 2.05) is 0 Å². The van der Waals surface area contributed by atoms with Crippen molar-refractivity contribution in [2.24, 2.45) is 0 Å². The van der Waals surface area contributed by atoms with Gasteiger partial charge in [0.05, 0.1) is 11.0 Å². The lowest BCUT2D eigenvalue weighted by Gasteiger charge is -1.93. The van der Waals surface area contributed by atoms with Crippen LogP contribution in [-0.2, 0) is 0 Å². The Morgan fingerprint density at radius 3 is 2.53 bits per heavy atom. The minimum atomic E-state index is -0.451. The Morgan fingerprint density at radius 1 is 1.47 bits per heavy atom. The predicted octanol–water partition coefficient (Wildman–Crippen LogP) is 1.72. The predicted molar refractivity (Wildman–Crippen MR) is 56.3 cm³/mol. The number of aliphatic hydroxyl groups is 1. The molecule has 0 aliphatic heterocycles. The van der Waals surface area contributed by atoms with E-state index < -0.39 is 11.0 Å². The number of hydrogen-bond donors (Lipinski definition) is 1. The SMILES string of the molecule is CC(O)CC#Cc1ccc([N+](=O)[O-])cc1. The molecule has 0 heterocycles. The minimum Gasteiger partial charge on any atom is -0.392 e. The molecule has 15 heavy (non-hydrogen) atoms. The first-order valence-corrected chi connectivity index (χ1v) is 4.51. The Morgan fingerprint density at radius 2 is 2.07 bits per heavy atom. The van der Waals surface area contributed by atoms with Gasteiger partial charge in [0.1, 0.15) is 0 Å². The monoisotopic (exact) mass is 205 g/mol. The van der Waals surface area contributed by atoms with Crippen LogP contribution < -0.4 is 0 Å². The highest BCUT2D eigenvalue weighted by molar-refractivity contribution is 5.40. The molecule has 1 rings (SSSR count). The Balaban J connectivity index is 2.71.